The number of ether oxygens (including phenoxy) is 2. The van der Waals surface area contributed by atoms with Crippen molar-refractivity contribution in [3.63, 3.8) is 0 Å². The van der Waals surface area contributed by atoms with Gasteiger partial charge in [-0.05, 0) is 32.1 Å². The highest BCUT2D eigenvalue weighted by Gasteiger charge is 2.20. The molecule has 1 aromatic heterocycles. The minimum absolute atomic E-state index is 0.231. The molecule has 1 atom stereocenters. The highest BCUT2D eigenvalue weighted by Crippen LogP contribution is 2.35. The number of hydrogen-bond acceptors (Lipinski definition) is 6. The molecule has 1 saturated carbocycles. The maximum Gasteiger partial charge on any atom is 0.321 e. The van der Waals surface area contributed by atoms with Gasteiger partial charge < -0.3 is 14.8 Å². The largest absolute Gasteiger partial charge is 0.379 e. The van der Waals surface area contributed by atoms with Gasteiger partial charge in [0.1, 0.15) is 5.01 Å². The lowest BCUT2D eigenvalue weighted by atomic mass is 9.90. The van der Waals surface area contributed by atoms with Gasteiger partial charge in [0.15, 0.2) is 0 Å². The highest BCUT2D eigenvalue weighted by atomic mass is 32.1. The molecule has 7 nitrogen and oxygen atoms in total. The van der Waals surface area contributed by atoms with Crippen molar-refractivity contribution >= 4 is 22.5 Å². The predicted molar refractivity (Wildman–Crippen MR) is 97.2 cm³/mol. The van der Waals surface area contributed by atoms with E-state index in [1.807, 2.05) is 0 Å². The van der Waals surface area contributed by atoms with Crippen molar-refractivity contribution in [1.29, 1.82) is 0 Å². The summed E-state index contributed by atoms with van der Waals surface area (Å²) in [6.45, 7) is 2.71. The summed E-state index contributed by atoms with van der Waals surface area (Å²) in [6, 6.07) is -0.231. The van der Waals surface area contributed by atoms with Crippen LogP contribution in [0.3, 0.4) is 0 Å². The minimum Gasteiger partial charge on any atom is -0.379 e. The van der Waals surface area contributed by atoms with Crippen LogP contribution in [0.25, 0.3) is 0 Å². The number of amides is 2. The Morgan fingerprint density at radius 2 is 2.08 bits per heavy atom. The minimum atomic E-state index is -0.231. The lowest BCUT2D eigenvalue weighted by molar-refractivity contribution is 0.0168. The number of carbonyl (C=O) groups is 1. The third kappa shape index (κ3) is 6.20. The second kappa shape index (κ2) is 10.0. The van der Waals surface area contributed by atoms with E-state index in [-0.39, 0.29) is 12.1 Å². The van der Waals surface area contributed by atoms with Gasteiger partial charge in [0.05, 0.1) is 12.7 Å². The van der Waals surface area contributed by atoms with Gasteiger partial charge in [0, 0.05) is 25.7 Å². The standard InChI is InChI=1S/C17H28N4O3S/c22-16(18-9-5-10-23-12-14-8-4-11-24-14)19-17-21-20-15(25-17)13-6-2-1-3-7-13/h13-14H,1-12H2,(H2,18,19,21,22). The Morgan fingerprint density at radius 3 is 2.88 bits per heavy atom. The van der Waals surface area contributed by atoms with Crippen LogP contribution in [0.1, 0.15) is 62.3 Å². The van der Waals surface area contributed by atoms with Crippen molar-refractivity contribution in [1.82, 2.24) is 15.5 Å². The van der Waals surface area contributed by atoms with Crippen molar-refractivity contribution < 1.29 is 14.3 Å². The molecule has 1 aliphatic carbocycles. The third-order valence-corrected chi connectivity index (χ3v) is 5.70. The Bertz CT molecular complexity index is 528. The fraction of sp³-hybridized carbons (Fsp3) is 0.824. The van der Waals surface area contributed by atoms with Gasteiger partial charge >= 0.3 is 6.03 Å². The normalized spacial score (nSPS) is 21.4. The van der Waals surface area contributed by atoms with E-state index in [1.54, 1.807) is 0 Å². The molecular formula is C17H28N4O3S. The van der Waals surface area contributed by atoms with E-state index in [9.17, 15) is 4.79 Å². The molecule has 2 heterocycles. The molecule has 3 rings (SSSR count). The zero-order valence-corrected chi connectivity index (χ0v) is 15.5. The fourth-order valence-electron chi connectivity index (χ4n) is 3.31. The number of hydrogen-bond donors (Lipinski definition) is 2. The quantitative estimate of drug-likeness (QED) is 0.688. The Kier molecular flexibility index (Phi) is 7.44. The molecule has 8 heteroatoms. The summed E-state index contributed by atoms with van der Waals surface area (Å²) >= 11 is 1.50. The summed E-state index contributed by atoms with van der Waals surface area (Å²) in [5.74, 6) is 0.519. The van der Waals surface area contributed by atoms with Crippen LogP contribution < -0.4 is 10.6 Å². The summed E-state index contributed by atoms with van der Waals surface area (Å²) in [6.07, 6.45) is 9.48. The monoisotopic (exact) mass is 368 g/mol. The van der Waals surface area contributed by atoms with Crippen molar-refractivity contribution in [3.8, 4) is 0 Å². The van der Waals surface area contributed by atoms with Crippen LogP contribution in [-0.4, -0.2) is 48.7 Å². The van der Waals surface area contributed by atoms with Gasteiger partial charge in [-0.25, -0.2) is 4.79 Å². The topological polar surface area (TPSA) is 85.4 Å². The van der Waals surface area contributed by atoms with Crippen molar-refractivity contribution in [2.75, 3.05) is 31.7 Å². The second-order valence-electron chi connectivity index (χ2n) is 6.72. The molecule has 2 amide bonds. The summed E-state index contributed by atoms with van der Waals surface area (Å²) < 4.78 is 11.1. The molecule has 1 aromatic rings. The highest BCUT2D eigenvalue weighted by molar-refractivity contribution is 7.15. The Morgan fingerprint density at radius 1 is 1.20 bits per heavy atom. The molecule has 0 radical (unpaired) electrons. The molecule has 2 fully saturated rings. The molecule has 0 spiro atoms. The van der Waals surface area contributed by atoms with Crippen molar-refractivity contribution in [2.45, 2.75) is 63.4 Å². The third-order valence-electron chi connectivity index (χ3n) is 4.69. The van der Waals surface area contributed by atoms with E-state index in [1.165, 1.54) is 43.4 Å². The Hall–Kier alpha value is -1.25. The first kappa shape index (κ1) is 18.5. The molecule has 140 valence electrons. The Labute approximate surface area is 152 Å². The lowest BCUT2D eigenvalue weighted by Crippen LogP contribution is -2.30. The Balaban J connectivity index is 1.26. The molecule has 1 aliphatic heterocycles. The number of anilines is 1. The molecule has 1 unspecified atom stereocenters. The van der Waals surface area contributed by atoms with Crippen LogP contribution in [0.2, 0.25) is 0 Å². The maximum atomic E-state index is 11.9. The van der Waals surface area contributed by atoms with Crippen molar-refractivity contribution in [2.24, 2.45) is 0 Å². The lowest BCUT2D eigenvalue weighted by Gasteiger charge is -2.18. The van der Waals surface area contributed by atoms with Crippen LogP contribution in [0.5, 0.6) is 0 Å². The molecule has 0 aromatic carbocycles. The molecule has 2 N–H and O–H groups in total. The number of aromatic nitrogens is 2. The van der Waals surface area contributed by atoms with Crippen LogP contribution >= 0.6 is 11.3 Å². The molecule has 1 saturated heterocycles. The average Bonchev–Trinajstić information content (AvgIpc) is 3.31. The fourth-order valence-corrected chi connectivity index (χ4v) is 4.22. The van der Waals surface area contributed by atoms with E-state index in [2.05, 4.69) is 20.8 Å². The van der Waals surface area contributed by atoms with Crippen LogP contribution in [0, 0.1) is 0 Å². The van der Waals surface area contributed by atoms with Gasteiger partial charge in [-0.2, -0.15) is 0 Å². The average molecular weight is 369 g/mol. The first-order chi connectivity index (χ1) is 12.3. The summed E-state index contributed by atoms with van der Waals surface area (Å²) in [5, 5.41) is 15.6. The van der Waals surface area contributed by atoms with Gasteiger partial charge in [-0.3, -0.25) is 5.32 Å². The number of nitrogens with zero attached hydrogens (tertiary/aromatic N) is 2. The maximum absolute atomic E-state index is 11.9. The summed E-state index contributed by atoms with van der Waals surface area (Å²) in [7, 11) is 0. The van der Waals surface area contributed by atoms with Gasteiger partial charge in [-0.1, -0.05) is 30.6 Å². The van der Waals surface area contributed by atoms with Gasteiger partial charge in [0.2, 0.25) is 5.13 Å². The summed E-state index contributed by atoms with van der Waals surface area (Å²) in [5.41, 5.74) is 0. The van der Waals surface area contributed by atoms with Crippen molar-refractivity contribution in [3.05, 3.63) is 5.01 Å². The number of urea groups is 1. The van der Waals surface area contributed by atoms with Crippen LogP contribution in [0.15, 0.2) is 0 Å². The second-order valence-corrected chi connectivity index (χ2v) is 7.73. The molecular weight excluding hydrogens is 340 g/mol. The summed E-state index contributed by atoms with van der Waals surface area (Å²) in [4.78, 5) is 11.9. The van der Waals surface area contributed by atoms with Gasteiger partial charge in [0.25, 0.3) is 0 Å². The smallest absolute Gasteiger partial charge is 0.321 e. The SMILES string of the molecule is O=C(NCCCOCC1CCCO1)Nc1nnc(C2CCCCC2)s1. The van der Waals surface area contributed by atoms with E-state index in [4.69, 9.17) is 9.47 Å². The number of nitrogens with one attached hydrogen (secondary N) is 2. The molecule has 25 heavy (non-hydrogen) atoms. The van der Waals surface area contributed by atoms with E-state index < -0.39 is 0 Å². The first-order valence-corrected chi connectivity index (χ1v) is 10.2. The predicted octanol–water partition coefficient (Wildman–Crippen LogP) is 3.29. The molecule has 0 bridgehead atoms. The number of rotatable bonds is 8. The van der Waals surface area contributed by atoms with Crippen LogP contribution in [-0.2, 0) is 9.47 Å². The zero-order chi connectivity index (χ0) is 17.3. The molecule has 2 aliphatic rings. The van der Waals surface area contributed by atoms with E-state index in [0.717, 1.165) is 30.9 Å². The zero-order valence-electron chi connectivity index (χ0n) is 14.7. The van der Waals surface area contributed by atoms with E-state index >= 15 is 0 Å². The van der Waals surface area contributed by atoms with Gasteiger partial charge in [-0.15, -0.1) is 10.2 Å². The first-order valence-electron chi connectivity index (χ1n) is 9.39. The number of carbonyl (C=O) groups excluding carboxylic acids is 1. The van der Waals surface area contributed by atoms with E-state index in [0.29, 0.717) is 30.8 Å². The van der Waals surface area contributed by atoms with Crippen LogP contribution in [0.4, 0.5) is 9.93 Å².